The summed E-state index contributed by atoms with van der Waals surface area (Å²) < 4.78 is 5.49. The summed E-state index contributed by atoms with van der Waals surface area (Å²) in [6.45, 7) is 4.94. The lowest BCUT2D eigenvalue weighted by atomic mass is 10.1. The Morgan fingerprint density at radius 1 is 1.56 bits per heavy atom. The predicted octanol–water partition coefficient (Wildman–Crippen LogP) is 0.321. The Bertz CT molecular complexity index is 234. The summed E-state index contributed by atoms with van der Waals surface area (Å²) >= 11 is 0. The molecule has 2 N–H and O–H groups in total. The average Bonchev–Trinajstić information content (AvgIpc) is 2.24. The second-order valence-electron chi connectivity index (χ2n) is 4.35. The maximum absolute atomic E-state index is 11.1. The van der Waals surface area contributed by atoms with Gasteiger partial charge >= 0.3 is 5.97 Å². The maximum Gasteiger partial charge on any atom is 0.320 e. The molecule has 5 nitrogen and oxygen atoms in total. The van der Waals surface area contributed by atoms with Crippen molar-refractivity contribution >= 4 is 5.97 Å². The van der Waals surface area contributed by atoms with E-state index in [2.05, 4.69) is 0 Å². The van der Waals surface area contributed by atoms with Crippen LogP contribution < -0.4 is 0 Å². The molecule has 0 amide bonds. The van der Waals surface area contributed by atoms with E-state index < -0.39 is 12.0 Å². The van der Waals surface area contributed by atoms with Crippen LogP contribution in [0.15, 0.2) is 0 Å². The van der Waals surface area contributed by atoms with Crippen LogP contribution in [-0.4, -0.2) is 59.0 Å². The first kappa shape index (κ1) is 13.4. The van der Waals surface area contributed by atoms with Gasteiger partial charge in [-0.15, -0.1) is 0 Å². The highest BCUT2D eigenvalue weighted by atomic mass is 16.5. The number of rotatable bonds is 5. The standard InChI is InChI=1S/C11H21NO4/c1-3-4-10(11(14)15)12-5-8(2)16-9(6-12)7-13/h8-10,13H,3-7H2,1-2H3,(H,14,15). The SMILES string of the molecule is CCCC(C(=O)O)N1CC(C)OC(CO)C1. The van der Waals surface area contributed by atoms with E-state index in [-0.39, 0.29) is 18.8 Å². The Labute approximate surface area is 96.0 Å². The summed E-state index contributed by atoms with van der Waals surface area (Å²) in [7, 11) is 0. The van der Waals surface area contributed by atoms with Crippen LogP contribution in [0.25, 0.3) is 0 Å². The van der Waals surface area contributed by atoms with Gasteiger partial charge in [0, 0.05) is 13.1 Å². The molecule has 94 valence electrons. The number of aliphatic hydroxyl groups is 1. The van der Waals surface area contributed by atoms with E-state index >= 15 is 0 Å². The highest BCUT2D eigenvalue weighted by molar-refractivity contribution is 5.73. The summed E-state index contributed by atoms with van der Waals surface area (Å²) in [5.74, 6) is -0.785. The zero-order valence-electron chi connectivity index (χ0n) is 9.93. The number of carboxylic acids is 1. The van der Waals surface area contributed by atoms with Gasteiger partial charge in [0.2, 0.25) is 0 Å². The second-order valence-corrected chi connectivity index (χ2v) is 4.35. The van der Waals surface area contributed by atoms with Gasteiger partial charge in [-0.05, 0) is 13.3 Å². The molecule has 0 bridgehead atoms. The van der Waals surface area contributed by atoms with E-state index in [0.717, 1.165) is 6.42 Å². The number of ether oxygens (including phenoxy) is 1. The van der Waals surface area contributed by atoms with E-state index in [1.165, 1.54) is 0 Å². The molecule has 1 aliphatic rings. The minimum absolute atomic E-state index is 0.0235. The third-order valence-electron chi connectivity index (χ3n) is 2.85. The fourth-order valence-electron chi connectivity index (χ4n) is 2.17. The molecular weight excluding hydrogens is 210 g/mol. The lowest BCUT2D eigenvalue weighted by Crippen LogP contribution is -2.54. The monoisotopic (exact) mass is 231 g/mol. The summed E-state index contributed by atoms with van der Waals surface area (Å²) in [5.41, 5.74) is 0. The molecule has 0 saturated carbocycles. The van der Waals surface area contributed by atoms with Gasteiger partial charge in [-0.1, -0.05) is 13.3 Å². The molecule has 3 atom stereocenters. The molecule has 0 aromatic carbocycles. The fourth-order valence-corrected chi connectivity index (χ4v) is 2.17. The van der Waals surface area contributed by atoms with Gasteiger partial charge in [0.1, 0.15) is 6.04 Å². The van der Waals surface area contributed by atoms with Crippen LogP contribution in [0.3, 0.4) is 0 Å². The van der Waals surface area contributed by atoms with Crippen molar-refractivity contribution in [3.63, 3.8) is 0 Å². The van der Waals surface area contributed by atoms with Crippen LogP contribution in [0.1, 0.15) is 26.7 Å². The number of aliphatic carboxylic acids is 1. The predicted molar refractivity (Wildman–Crippen MR) is 59.3 cm³/mol. The average molecular weight is 231 g/mol. The van der Waals surface area contributed by atoms with E-state index in [4.69, 9.17) is 14.9 Å². The van der Waals surface area contributed by atoms with Gasteiger partial charge in [0.05, 0.1) is 18.8 Å². The van der Waals surface area contributed by atoms with Gasteiger partial charge in [-0.2, -0.15) is 0 Å². The van der Waals surface area contributed by atoms with E-state index in [9.17, 15) is 4.79 Å². The van der Waals surface area contributed by atoms with Crippen molar-refractivity contribution in [2.45, 2.75) is 44.9 Å². The zero-order valence-corrected chi connectivity index (χ0v) is 9.93. The van der Waals surface area contributed by atoms with Crippen molar-refractivity contribution in [3.05, 3.63) is 0 Å². The van der Waals surface area contributed by atoms with E-state index in [1.54, 1.807) is 0 Å². The lowest BCUT2D eigenvalue weighted by Gasteiger charge is -2.39. The normalized spacial score (nSPS) is 28.9. The summed E-state index contributed by atoms with van der Waals surface area (Å²) in [5, 5.41) is 18.2. The van der Waals surface area contributed by atoms with E-state index in [1.807, 2.05) is 18.7 Å². The second kappa shape index (κ2) is 6.18. The number of aliphatic hydroxyl groups excluding tert-OH is 1. The minimum Gasteiger partial charge on any atom is -0.480 e. The van der Waals surface area contributed by atoms with Gasteiger partial charge in [0.15, 0.2) is 0 Å². The first-order valence-electron chi connectivity index (χ1n) is 5.81. The van der Waals surface area contributed by atoms with Gasteiger partial charge in [-0.3, -0.25) is 9.69 Å². The quantitative estimate of drug-likeness (QED) is 0.713. The minimum atomic E-state index is -0.785. The van der Waals surface area contributed by atoms with Gasteiger partial charge in [-0.25, -0.2) is 0 Å². The Kier molecular flexibility index (Phi) is 5.18. The van der Waals surface area contributed by atoms with Gasteiger partial charge in [0.25, 0.3) is 0 Å². The van der Waals surface area contributed by atoms with Crippen LogP contribution in [0, 0.1) is 0 Å². The van der Waals surface area contributed by atoms with Crippen molar-refractivity contribution in [2.75, 3.05) is 19.7 Å². The van der Waals surface area contributed by atoms with Crippen molar-refractivity contribution < 1.29 is 19.7 Å². The molecule has 1 saturated heterocycles. The molecule has 1 fully saturated rings. The summed E-state index contributed by atoms with van der Waals surface area (Å²) in [6, 6.07) is -0.453. The smallest absolute Gasteiger partial charge is 0.320 e. The molecule has 1 rings (SSSR count). The van der Waals surface area contributed by atoms with Crippen molar-refractivity contribution in [2.24, 2.45) is 0 Å². The molecule has 16 heavy (non-hydrogen) atoms. The number of hydrogen-bond acceptors (Lipinski definition) is 4. The Balaban J connectivity index is 2.64. The molecular formula is C11H21NO4. The summed E-state index contributed by atoms with van der Waals surface area (Å²) in [6.07, 6.45) is 1.19. The van der Waals surface area contributed by atoms with Crippen molar-refractivity contribution in [3.8, 4) is 0 Å². The van der Waals surface area contributed by atoms with E-state index in [0.29, 0.717) is 19.5 Å². The number of carboxylic acid groups (broad SMARTS) is 1. The third kappa shape index (κ3) is 3.43. The Morgan fingerprint density at radius 2 is 2.25 bits per heavy atom. The third-order valence-corrected chi connectivity index (χ3v) is 2.85. The molecule has 0 aromatic rings. The largest absolute Gasteiger partial charge is 0.480 e. The number of carbonyl (C=O) groups is 1. The molecule has 5 heteroatoms. The highest BCUT2D eigenvalue weighted by Crippen LogP contribution is 2.16. The first-order chi connectivity index (χ1) is 7.58. The maximum atomic E-state index is 11.1. The lowest BCUT2D eigenvalue weighted by molar-refractivity contribution is -0.151. The highest BCUT2D eigenvalue weighted by Gasteiger charge is 2.32. The topological polar surface area (TPSA) is 70.0 Å². The molecule has 0 radical (unpaired) electrons. The Hall–Kier alpha value is -0.650. The van der Waals surface area contributed by atoms with Crippen LogP contribution in [0.2, 0.25) is 0 Å². The van der Waals surface area contributed by atoms with Crippen LogP contribution in [0.5, 0.6) is 0 Å². The molecule has 0 spiro atoms. The molecule has 1 heterocycles. The van der Waals surface area contributed by atoms with Gasteiger partial charge < -0.3 is 14.9 Å². The molecule has 3 unspecified atom stereocenters. The Morgan fingerprint density at radius 3 is 2.75 bits per heavy atom. The van der Waals surface area contributed by atoms with Crippen LogP contribution in [-0.2, 0) is 9.53 Å². The molecule has 1 aliphatic heterocycles. The first-order valence-corrected chi connectivity index (χ1v) is 5.81. The zero-order chi connectivity index (χ0) is 12.1. The molecule has 0 aromatic heterocycles. The molecule has 0 aliphatic carbocycles. The van der Waals surface area contributed by atoms with Crippen molar-refractivity contribution in [1.82, 2.24) is 4.90 Å². The fraction of sp³-hybridized carbons (Fsp3) is 0.909. The summed E-state index contributed by atoms with van der Waals surface area (Å²) in [4.78, 5) is 13.0. The number of nitrogens with zero attached hydrogens (tertiary/aromatic N) is 1. The number of hydrogen-bond donors (Lipinski definition) is 2. The number of morpholine rings is 1. The van der Waals surface area contributed by atoms with Crippen molar-refractivity contribution in [1.29, 1.82) is 0 Å². The van der Waals surface area contributed by atoms with Crippen LogP contribution in [0.4, 0.5) is 0 Å². The van der Waals surface area contributed by atoms with Crippen LogP contribution >= 0.6 is 0 Å².